The topological polar surface area (TPSA) is 43.4 Å². The Labute approximate surface area is 131 Å². The predicted octanol–water partition coefficient (Wildman–Crippen LogP) is 4.07. The normalized spacial score (nSPS) is 15.5. The van der Waals surface area contributed by atoms with Crippen LogP contribution in [0.2, 0.25) is 0 Å². The molecule has 0 aliphatic heterocycles. The van der Waals surface area contributed by atoms with Gasteiger partial charge in [-0.05, 0) is 47.6 Å². The van der Waals surface area contributed by atoms with Gasteiger partial charge in [-0.15, -0.1) is 0 Å². The Morgan fingerprint density at radius 1 is 1.36 bits per heavy atom. The van der Waals surface area contributed by atoms with E-state index in [1.807, 2.05) is 12.1 Å². The molecule has 0 unspecified atom stereocenters. The Balaban J connectivity index is 2.42. The van der Waals surface area contributed by atoms with E-state index < -0.39 is 0 Å². The first-order chi connectivity index (χ1) is 10.4. The van der Waals surface area contributed by atoms with Crippen LogP contribution in [0.4, 0.5) is 0 Å². The average Bonchev–Trinajstić information content (AvgIpc) is 2.49. The van der Waals surface area contributed by atoms with Crippen molar-refractivity contribution in [2.24, 2.45) is 0 Å². The lowest BCUT2D eigenvalue weighted by Gasteiger charge is -2.32. The van der Waals surface area contributed by atoms with Crippen molar-refractivity contribution >= 4 is 17.3 Å². The van der Waals surface area contributed by atoms with E-state index in [9.17, 15) is 9.59 Å². The fourth-order valence-electron chi connectivity index (χ4n) is 2.79. The van der Waals surface area contributed by atoms with E-state index >= 15 is 0 Å². The highest BCUT2D eigenvalue weighted by Gasteiger charge is 2.29. The van der Waals surface area contributed by atoms with Gasteiger partial charge in [-0.1, -0.05) is 38.6 Å². The van der Waals surface area contributed by atoms with Gasteiger partial charge in [0.05, 0.1) is 13.0 Å². The summed E-state index contributed by atoms with van der Waals surface area (Å²) in [6.07, 6.45) is 4.54. The van der Waals surface area contributed by atoms with Crippen LogP contribution in [-0.2, 0) is 14.9 Å². The molecule has 116 valence electrons. The minimum absolute atomic E-state index is 0.0645. The SMILES string of the molecule is C=CC(=O)c1ccc2c(c1)C(C)(C)CC=C2CC(=O)OCC. The van der Waals surface area contributed by atoms with Crippen LogP contribution in [0.1, 0.15) is 55.1 Å². The zero-order chi connectivity index (χ0) is 16.3. The molecule has 3 heteroatoms. The third kappa shape index (κ3) is 3.19. The Kier molecular flexibility index (Phi) is 4.65. The van der Waals surface area contributed by atoms with Gasteiger partial charge in [-0.2, -0.15) is 0 Å². The van der Waals surface area contributed by atoms with E-state index in [4.69, 9.17) is 4.74 Å². The van der Waals surface area contributed by atoms with Crippen molar-refractivity contribution in [1.82, 2.24) is 0 Å². The molecule has 0 atom stereocenters. The maximum atomic E-state index is 11.8. The van der Waals surface area contributed by atoms with Gasteiger partial charge in [0.25, 0.3) is 0 Å². The monoisotopic (exact) mass is 298 g/mol. The summed E-state index contributed by atoms with van der Waals surface area (Å²) in [6.45, 7) is 10.0. The molecule has 0 saturated heterocycles. The molecule has 3 nitrogen and oxygen atoms in total. The zero-order valence-corrected chi connectivity index (χ0v) is 13.4. The fourth-order valence-corrected chi connectivity index (χ4v) is 2.79. The van der Waals surface area contributed by atoms with Gasteiger partial charge in [-0.3, -0.25) is 9.59 Å². The molecule has 22 heavy (non-hydrogen) atoms. The molecule has 1 aromatic rings. The van der Waals surface area contributed by atoms with Crippen LogP contribution in [0.3, 0.4) is 0 Å². The molecule has 0 radical (unpaired) electrons. The van der Waals surface area contributed by atoms with Crippen molar-refractivity contribution in [3.63, 3.8) is 0 Å². The van der Waals surface area contributed by atoms with E-state index in [2.05, 4.69) is 26.5 Å². The van der Waals surface area contributed by atoms with Crippen LogP contribution in [-0.4, -0.2) is 18.4 Å². The van der Waals surface area contributed by atoms with Crippen LogP contribution in [0.5, 0.6) is 0 Å². The van der Waals surface area contributed by atoms with Crippen molar-refractivity contribution in [1.29, 1.82) is 0 Å². The lowest BCUT2D eigenvalue weighted by Crippen LogP contribution is -2.23. The molecular weight excluding hydrogens is 276 g/mol. The number of ether oxygens (including phenoxy) is 1. The number of allylic oxidation sites excluding steroid dienone is 2. The first-order valence-corrected chi connectivity index (χ1v) is 7.55. The molecule has 1 aliphatic rings. The third-order valence-corrected chi connectivity index (χ3v) is 4.06. The number of hydrogen-bond acceptors (Lipinski definition) is 3. The zero-order valence-electron chi connectivity index (χ0n) is 13.4. The van der Waals surface area contributed by atoms with Crippen molar-refractivity contribution < 1.29 is 14.3 Å². The van der Waals surface area contributed by atoms with Crippen LogP contribution >= 0.6 is 0 Å². The summed E-state index contributed by atoms with van der Waals surface area (Å²) < 4.78 is 5.04. The largest absolute Gasteiger partial charge is 0.466 e. The number of benzene rings is 1. The molecule has 0 N–H and O–H groups in total. The molecule has 0 spiro atoms. The smallest absolute Gasteiger partial charge is 0.310 e. The maximum Gasteiger partial charge on any atom is 0.310 e. The number of esters is 1. The first-order valence-electron chi connectivity index (χ1n) is 7.55. The van der Waals surface area contributed by atoms with E-state index in [-0.39, 0.29) is 23.6 Å². The second-order valence-corrected chi connectivity index (χ2v) is 6.13. The lowest BCUT2D eigenvalue weighted by atomic mass is 9.72. The second-order valence-electron chi connectivity index (χ2n) is 6.13. The van der Waals surface area contributed by atoms with Gasteiger partial charge >= 0.3 is 5.97 Å². The summed E-state index contributed by atoms with van der Waals surface area (Å²) in [6, 6.07) is 5.65. The highest BCUT2D eigenvalue weighted by molar-refractivity contribution is 6.04. The Hall–Kier alpha value is -2.16. The predicted molar refractivity (Wildman–Crippen MR) is 87.8 cm³/mol. The average molecular weight is 298 g/mol. The Bertz CT molecular complexity index is 651. The van der Waals surface area contributed by atoms with Gasteiger partial charge in [0.15, 0.2) is 5.78 Å². The molecule has 0 saturated carbocycles. The summed E-state index contributed by atoms with van der Waals surface area (Å²) in [5, 5.41) is 0. The summed E-state index contributed by atoms with van der Waals surface area (Å²) in [7, 11) is 0. The third-order valence-electron chi connectivity index (χ3n) is 4.06. The van der Waals surface area contributed by atoms with Crippen molar-refractivity contribution in [2.45, 2.75) is 39.0 Å². The lowest BCUT2D eigenvalue weighted by molar-refractivity contribution is -0.141. The van der Waals surface area contributed by atoms with Crippen molar-refractivity contribution in [3.05, 3.63) is 53.6 Å². The number of ketones is 1. The highest BCUT2D eigenvalue weighted by Crippen LogP contribution is 2.40. The Morgan fingerprint density at radius 3 is 2.73 bits per heavy atom. The van der Waals surface area contributed by atoms with Crippen LogP contribution in [0.15, 0.2) is 36.9 Å². The number of carbonyl (C=O) groups is 2. The van der Waals surface area contributed by atoms with Gasteiger partial charge in [0, 0.05) is 5.56 Å². The number of rotatable bonds is 5. The Morgan fingerprint density at radius 2 is 2.09 bits per heavy atom. The van der Waals surface area contributed by atoms with Crippen LogP contribution in [0, 0.1) is 0 Å². The molecule has 0 bridgehead atoms. The van der Waals surface area contributed by atoms with E-state index in [0.717, 1.165) is 23.1 Å². The van der Waals surface area contributed by atoms with E-state index in [1.165, 1.54) is 6.08 Å². The second kappa shape index (κ2) is 6.30. The first kappa shape index (κ1) is 16.2. The summed E-state index contributed by atoms with van der Waals surface area (Å²) in [5.74, 6) is -0.300. The van der Waals surface area contributed by atoms with Gasteiger partial charge in [-0.25, -0.2) is 0 Å². The molecule has 0 fully saturated rings. The van der Waals surface area contributed by atoms with Crippen molar-refractivity contribution in [3.8, 4) is 0 Å². The van der Waals surface area contributed by atoms with Crippen molar-refractivity contribution in [2.75, 3.05) is 6.61 Å². The van der Waals surface area contributed by atoms with Crippen LogP contribution in [0.25, 0.3) is 5.57 Å². The summed E-state index contributed by atoms with van der Waals surface area (Å²) in [5.41, 5.74) is 3.68. The fraction of sp³-hybridized carbons (Fsp3) is 0.368. The molecule has 0 amide bonds. The maximum absolute atomic E-state index is 11.8. The van der Waals surface area contributed by atoms with Gasteiger partial charge in [0.2, 0.25) is 0 Å². The number of hydrogen-bond donors (Lipinski definition) is 0. The minimum atomic E-state index is -0.217. The van der Waals surface area contributed by atoms with Gasteiger partial charge < -0.3 is 4.74 Å². The summed E-state index contributed by atoms with van der Waals surface area (Å²) in [4.78, 5) is 23.6. The minimum Gasteiger partial charge on any atom is -0.466 e. The van der Waals surface area contributed by atoms with E-state index in [1.54, 1.807) is 13.0 Å². The molecule has 1 aliphatic carbocycles. The standard InChI is InChI=1S/C19H22O3/c1-5-17(20)14-7-8-15-13(12-18(21)22-6-2)9-10-19(3,4)16(15)11-14/h5,7-9,11H,1,6,10,12H2,2-4H3. The molecule has 1 aromatic carbocycles. The molecule has 0 heterocycles. The summed E-state index contributed by atoms with van der Waals surface area (Å²) >= 11 is 0. The quantitative estimate of drug-likeness (QED) is 0.467. The number of carbonyl (C=O) groups excluding carboxylic acids is 2. The number of fused-ring (bicyclic) bond motifs is 1. The van der Waals surface area contributed by atoms with Crippen LogP contribution < -0.4 is 0 Å². The highest BCUT2D eigenvalue weighted by atomic mass is 16.5. The van der Waals surface area contributed by atoms with E-state index in [0.29, 0.717) is 12.2 Å². The van der Waals surface area contributed by atoms with Gasteiger partial charge in [0.1, 0.15) is 0 Å². The molecule has 0 aromatic heterocycles. The molecular formula is C19H22O3. The molecule has 2 rings (SSSR count).